The summed E-state index contributed by atoms with van der Waals surface area (Å²) in [5.41, 5.74) is 0.528. The summed E-state index contributed by atoms with van der Waals surface area (Å²) < 4.78 is 1.93. The number of hydrogen-bond acceptors (Lipinski definition) is 3. The average molecular weight is 315 g/mol. The van der Waals surface area contributed by atoms with Crippen molar-refractivity contribution in [3.63, 3.8) is 0 Å². The molecule has 0 aromatic carbocycles. The highest BCUT2D eigenvalue weighted by atomic mass is 35.5. The third-order valence-corrected chi connectivity index (χ3v) is 3.73. The lowest BCUT2D eigenvalue weighted by Crippen LogP contribution is -2.32. The Morgan fingerprint density at radius 2 is 2.38 bits per heavy atom. The summed E-state index contributed by atoms with van der Waals surface area (Å²) in [7, 11) is 0. The smallest absolute Gasteiger partial charge is 0.271 e. The van der Waals surface area contributed by atoms with E-state index in [1.54, 1.807) is 0 Å². The van der Waals surface area contributed by atoms with Crippen LogP contribution in [0, 0.1) is 5.92 Å². The fourth-order valence-corrected chi connectivity index (χ4v) is 2.52. The summed E-state index contributed by atoms with van der Waals surface area (Å²) in [4.78, 5) is 12.0. The van der Waals surface area contributed by atoms with Crippen LogP contribution in [0.5, 0.6) is 0 Å². The van der Waals surface area contributed by atoms with Crippen molar-refractivity contribution in [2.75, 3.05) is 19.6 Å². The molecular weight excluding hydrogens is 288 g/mol. The fraction of sp³-hybridized carbons (Fsp3) is 0.733. The first-order valence-electron chi connectivity index (χ1n) is 7.71. The molecule has 21 heavy (non-hydrogen) atoms. The minimum absolute atomic E-state index is 0. The number of piperidine rings is 1. The van der Waals surface area contributed by atoms with Crippen LogP contribution in [0.3, 0.4) is 0 Å². The van der Waals surface area contributed by atoms with E-state index in [0.717, 1.165) is 38.9 Å². The van der Waals surface area contributed by atoms with Crippen molar-refractivity contribution in [2.45, 2.75) is 45.6 Å². The first-order valence-corrected chi connectivity index (χ1v) is 7.71. The Balaban J connectivity index is 0.00000220. The zero-order valence-corrected chi connectivity index (χ0v) is 13.8. The van der Waals surface area contributed by atoms with Gasteiger partial charge >= 0.3 is 0 Å². The number of hydrogen-bond donors (Lipinski definition) is 2. The number of amides is 1. The molecule has 0 radical (unpaired) electrons. The molecule has 0 saturated carbocycles. The van der Waals surface area contributed by atoms with Gasteiger partial charge in [-0.1, -0.05) is 13.8 Å². The van der Waals surface area contributed by atoms with E-state index in [0.29, 0.717) is 17.7 Å². The summed E-state index contributed by atoms with van der Waals surface area (Å²) in [5, 5.41) is 10.7. The summed E-state index contributed by atoms with van der Waals surface area (Å²) in [6, 6.07) is 2.19. The van der Waals surface area contributed by atoms with E-state index in [9.17, 15) is 4.79 Å². The molecule has 2 rings (SSSR count). The molecule has 2 N–H and O–H groups in total. The Morgan fingerprint density at radius 1 is 1.57 bits per heavy atom. The Hall–Kier alpha value is -1.07. The first-order chi connectivity index (χ1) is 9.66. The molecule has 1 saturated heterocycles. The van der Waals surface area contributed by atoms with Crippen molar-refractivity contribution in [3.8, 4) is 0 Å². The van der Waals surface area contributed by atoms with Gasteiger partial charge in [0.2, 0.25) is 0 Å². The van der Waals surface area contributed by atoms with Crippen LogP contribution in [-0.2, 0) is 0 Å². The van der Waals surface area contributed by atoms with E-state index in [2.05, 4.69) is 29.6 Å². The van der Waals surface area contributed by atoms with Gasteiger partial charge in [-0.25, -0.2) is 0 Å². The fourth-order valence-electron chi connectivity index (χ4n) is 2.52. The number of carbonyl (C=O) groups is 1. The predicted octanol–water partition coefficient (Wildman–Crippen LogP) is 2.40. The number of nitrogens with zero attached hydrogens (tertiary/aromatic N) is 2. The Labute approximate surface area is 133 Å². The molecular formula is C15H27ClN4O. The van der Waals surface area contributed by atoms with Gasteiger partial charge in [0.15, 0.2) is 0 Å². The summed E-state index contributed by atoms with van der Waals surface area (Å²) in [5.74, 6) is 0.626. The molecule has 1 amide bonds. The summed E-state index contributed by atoms with van der Waals surface area (Å²) >= 11 is 0. The third kappa shape index (κ3) is 5.67. The second-order valence-electron chi connectivity index (χ2n) is 5.97. The van der Waals surface area contributed by atoms with Gasteiger partial charge in [0, 0.05) is 19.3 Å². The van der Waals surface area contributed by atoms with Gasteiger partial charge in [-0.3, -0.25) is 9.48 Å². The second-order valence-corrected chi connectivity index (χ2v) is 5.97. The van der Waals surface area contributed by atoms with Crippen LogP contribution in [0.1, 0.15) is 56.1 Å². The highest BCUT2D eigenvalue weighted by molar-refractivity contribution is 5.92. The largest absolute Gasteiger partial charge is 0.351 e. The molecule has 1 aromatic heterocycles. The lowest BCUT2D eigenvalue weighted by atomic mass is 10.1. The lowest BCUT2D eigenvalue weighted by molar-refractivity contribution is 0.0946. The monoisotopic (exact) mass is 314 g/mol. The maximum absolute atomic E-state index is 12.0. The molecule has 120 valence electrons. The predicted molar refractivity (Wildman–Crippen MR) is 87.0 cm³/mol. The minimum atomic E-state index is -0.0590. The van der Waals surface area contributed by atoms with Crippen LogP contribution in [0.4, 0.5) is 0 Å². The standard InChI is InChI=1S/C15H26N4O.ClH/c1-12(2)5-3-9-17-15(20)14-7-10-19(18-14)13-6-4-8-16-11-13;/h7,10,12-13,16H,3-6,8-9,11H2,1-2H3,(H,17,20);1H. The molecule has 1 fully saturated rings. The van der Waals surface area contributed by atoms with Gasteiger partial charge in [-0.05, 0) is 44.2 Å². The number of rotatable bonds is 6. The van der Waals surface area contributed by atoms with Crippen molar-refractivity contribution in [3.05, 3.63) is 18.0 Å². The highest BCUT2D eigenvalue weighted by Gasteiger charge is 2.17. The second kappa shape index (κ2) is 9.05. The molecule has 1 unspecified atom stereocenters. The van der Waals surface area contributed by atoms with E-state index in [4.69, 9.17) is 0 Å². The van der Waals surface area contributed by atoms with Gasteiger partial charge < -0.3 is 10.6 Å². The van der Waals surface area contributed by atoms with Crippen LogP contribution >= 0.6 is 12.4 Å². The van der Waals surface area contributed by atoms with Crippen LogP contribution < -0.4 is 10.6 Å². The Kier molecular flexibility index (Phi) is 7.75. The quantitative estimate of drug-likeness (QED) is 0.793. The maximum atomic E-state index is 12.0. The van der Waals surface area contributed by atoms with Gasteiger partial charge in [0.05, 0.1) is 6.04 Å². The topological polar surface area (TPSA) is 59.0 Å². The number of nitrogens with one attached hydrogen (secondary N) is 2. The highest BCUT2D eigenvalue weighted by Crippen LogP contribution is 2.15. The molecule has 1 aliphatic heterocycles. The maximum Gasteiger partial charge on any atom is 0.271 e. The summed E-state index contributed by atoms with van der Waals surface area (Å²) in [6.45, 7) is 7.15. The molecule has 1 atom stereocenters. The van der Waals surface area contributed by atoms with E-state index in [-0.39, 0.29) is 18.3 Å². The molecule has 6 heteroatoms. The van der Waals surface area contributed by atoms with Crippen molar-refractivity contribution in [1.82, 2.24) is 20.4 Å². The zero-order valence-electron chi connectivity index (χ0n) is 13.0. The molecule has 0 spiro atoms. The first kappa shape index (κ1) is 18.0. The molecule has 2 heterocycles. The molecule has 1 aromatic rings. The Bertz CT molecular complexity index is 427. The van der Waals surface area contributed by atoms with Gasteiger partial charge in [0.25, 0.3) is 5.91 Å². The van der Waals surface area contributed by atoms with Crippen LogP contribution in [0.2, 0.25) is 0 Å². The van der Waals surface area contributed by atoms with Gasteiger partial charge in [0.1, 0.15) is 5.69 Å². The normalized spacial score (nSPS) is 18.3. The zero-order chi connectivity index (χ0) is 14.4. The Morgan fingerprint density at radius 3 is 3.05 bits per heavy atom. The molecule has 0 bridgehead atoms. The van der Waals surface area contributed by atoms with Crippen LogP contribution in [0.15, 0.2) is 12.3 Å². The number of aromatic nitrogens is 2. The number of carbonyl (C=O) groups excluding carboxylic acids is 1. The van der Waals surface area contributed by atoms with E-state index < -0.39 is 0 Å². The summed E-state index contributed by atoms with van der Waals surface area (Å²) in [6.07, 6.45) is 6.38. The van der Waals surface area contributed by atoms with E-state index >= 15 is 0 Å². The van der Waals surface area contributed by atoms with Crippen molar-refractivity contribution in [2.24, 2.45) is 5.92 Å². The molecule has 1 aliphatic rings. The van der Waals surface area contributed by atoms with Crippen molar-refractivity contribution >= 4 is 18.3 Å². The molecule has 0 aliphatic carbocycles. The van der Waals surface area contributed by atoms with Crippen molar-refractivity contribution in [1.29, 1.82) is 0 Å². The van der Waals surface area contributed by atoms with E-state index in [1.807, 2.05) is 16.9 Å². The van der Waals surface area contributed by atoms with Gasteiger partial charge in [-0.15, -0.1) is 12.4 Å². The van der Waals surface area contributed by atoms with Crippen LogP contribution in [0.25, 0.3) is 0 Å². The van der Waals surface area contributed by atoms with Crippen molar-refractivity contribution < 1.29 is 4.79 Å². The average Bonchev–Trinajstić information content (AvgIpc) is 2.94. The van der Waals surface area contributed by atoms with Gasteiger partial charge in [-0.2, -0.15) is 5.10 Å². The van der Waals surface area contributed by atoms with E-state index in [1.165, 1.54) is 6.42 Å². The van der Waals surface area contributed by atoms with Crippen LogP contribution in [-0.4, -0.2) is 35.3 Å². The number of halogens is 1. The minimum Gasteiger partial charge on any atom is -0.351 e. The molecule has 5 nitrogen and oxygen atoms in total. The lowest BCUT2D eigenvalue weighted by Gasteiger charge is -2.22. The SMILES string of the molecule is CC(C)CCCNC(=O)c1ccn(C2CCCNC2)n1.Cl. The third-order valence-electron chi connectivity index (χ3n) is 3.73.